The number of benzene rings is 1. The van der Waals surface area contributed by atoms with E-state index in [9.17, 15) is 0 Å². The van der Waals surface area contributed by atoms with E-state index in [1.807, 2.05) is 38.1 Å². The van der Waals surface area contributed by atoms with E-state index in [0.717, 1.165) is 43.2 Å². The summed E-state index contributed by atoms with van der Waals surface area (Å²) >= 11 is 0. The normalized spacial score (nSPS) is 11.2. The number of hydrogen-bond acceptors (Lipinski definition) is 5. The Balaban J connectivity index is 1.86. The van der Waals surface area contributed by atoms with Gasteiger partial charge in [-0.3, -0.25) is 0 Å². The maximum absolute atomic E-state index is 5.68. The topological polar surface area (TPSA) is 84.6 Å². The lowest BCUT2D eigenvalue weighted by atomic mass is 10.2. The first-order chi connectivity index (χ1) is 12.7. The van der Waals surface area contributed by atoms with Crippen molar-refractivity contribution < 1.29 is 9.26 Å². The van der Waals surface area contributed by atoms with Crippen LogP contribution in [0.1, 0.15) is 30.6 Å². The van der Waals surface area contributed by atoms with Crippen molar-refractivity contribution in [1.82, 2.24) is 20.8 Å². The first kappa shape index (κ1) is 19.5. The molecule has 0 aliphatic heterocycles. The highest BCUT2D eigenvalue weighted by molar-refractivity contribution is 5.79. The number of nitrogens with one attached hydrogen (secondary N) is 2. The molecule has 0 amide bonds. The largest absolute Gasteiger partial charge is 0.489 e. The highest BCUT2D eigenvalue weighted by Crippen LogP contribution is 2.18. The molecule has 2 rings (SSSR count). The lowest BCUT2D eigenvalue weighted by Gasteiger charge is -2.12. The number of hydrogen-bond donors (Lipinski definition) is 2. The number of aryl methyl sites for hydroxylation is 2. The zero-order valence-electron chi connectivity index (χ0n) is 15.5. The Hall–Kier alpha value is -2.83. The third-order valence-corrected chi connectivity index (χ3v) is 3.51. The minimum Gasteiger partial charge on any atom is -0.489 e. The minimum absolute atomic E-state index is 0.480. The number of ether oxygens (including phenoxy) is 1. The van der Waals surface area contributed by atoms with E-state index in [0.29, 0.717) is 24.9 Å². The Kier molecular flexibility index (Phi) is 8.18. The first-order valence-corrected chi connectivity index (χ1v) is 8.86. The second kappa shape index (κ2) is 10.9. The highest BCUT2D eigenvalue weighted by atomic mass is 16.5. The smallest absolute Gasteiger partial charge is 0.226 e. The van der Waals surface area contributed by atoms with Gasteiger partial charge in [0.1, 0.15) is 12.4 Å². The molecule has 0 saturated carbocycles. The SMILES string of the molecule is C=CCOc1ccccc1CN=C(NCC)NCCCc1nc(C)no1. The summed E-state index contributed by atoms with van der Waals surface area (Å²) in [4.78, 5) is 8.84. The van der Waals surface area contributed by atoms with E-state index in [-0.39, 0.29) is 0 Å². The van der Waals surface area contributed by atoms with Gasteiger partial charge in [-0.05, 0) is 26.3 Å². The third kappa shape index (κ3) is 6.58. The number of para-hydroxylation sites is 1. The summed E-state index contributed by atoms with van der Waals surface area (Å²) in [5, 5.41) is 10.4. The van der Waals surface area contributed by atoms with Crippen LogP contribution in [0.2, 0.25) is 0 Å². The van der Waals surface area contributed by atoms with Crippen molar-refractivity contribution in [3.63, 3.8) is 0 Å². The summed E-state index contributed by atoms with van der Waals surface area (Å²) in [6.07, 6.45) is 3.35. The number of nitrogens with zero attached hydrogens (tertiary/aromatic N) is 3. The summed E-state index contributed by atoms with van der Waals surface area (Å²) < 4.78 is 10.8. The minimum atomic E-state index is 0.480. The molecule has 26 heavy (non-hydrogen) atoms. The maximum Gasteiger partial charge on any atom is 0.226 e. The molecule has 1 aromatic carbocycles. The van der Waals surface area contributed by atoms with Gasteiger partial charge in [-0.2, -0.15) is 4.98 Å². The van der Waals surface area contributed by atoms with Crippen LogP contribution < -0.4 is 15.4 Å². The van der Waals surface area contributed by atoms with Crippen LogP contribution in [0.5, 0.6) is 5.75 Å². The van der Waals surface area contributed by atoms with Gasteiger partial charge in [-0.15, -0.1) is 0 Å². The lowest BCUT2D eigenvalue weighted by molar-refractivity contribution is 0.359. The molecule has 0 bridgehead atoms. The lowest BCUT2D eigenvalue weighted by Crippen LogP contribution is -2.37. The molecule has 0 spiro atoms. The zero-order chi connectivity index (χ0) is 18.6. The molecule has 0 fully saturated rings. The quantitative estimate of drug-likeness (QED) is 0.294. The van der Waals surface area contributed by atoms with Crippen molar-refractivity contribution in [1.29, 1.82) is 0 Å². The van der Waals surface area contributed by atoms with E-state index in [1.54, 1.807) is 6.08 Å². The van der Waals surface area contributed by atoms with Crippen LogP contribution >= 0.6 is 0 Å². The average molecular weight is 357 g/mol. The molecule has 0 atom stereocenters. The Morgan fingerprint density at radius 2 is 2.19 bits per heavy atom. The molecular formula is C19H27N5O2. The molecule has 140 valence electrons. The molecule has 1 heterocycles. The molecular weight excluding hydrogens is 330 g/mol. The average Bonchev–Trinajstić information content (AvgIpc) is 3.07. The van der Waals surface area contributed by atoms with Crippen LogP contribution in [-0.4, -0.2) is 35.8 Å². The molecule has 7 nitrogen and oxygen atoms in total. The molecule has 0 aliphatic rings. The van der Waals surface area contributed by atoms with Crippen LogP contribution in [0.3, 0.4) is 0 Å². The van der Waals surface area contributed by atoms with E-state index >= 15 is 0 Å². The van der Waals surface area contributed by atoms with Crippen LogP contribution in [0.15, 0.2) is 46.4 Å². The van der Waals surface area contributed by atoms with Crippen LogP contribution in [-0.2, 0) is 13.0 Å². The van der Waals surface area contributed by atoms with Gasteiger partial charge in [0.15, 0.2) is 11.8 Å². The van der Waals surface area contributed by atoms with Gasteiger partial charge in [-0.25, -0.2) is 4.99 Å². The monoisotopic (exact) mass is 357 g/mol. The fraction of sp³-hybridized carbons (Fsp3) is 0.421. The first-order valence-electron chi connectivity index (χ1n) is 8.86. The fourth-order valence-corrected chi connectivity index (χ4v) is 2.32. The second-order valence-corrected chi connectivity index (χ2v) is 5.67. The predicted molar refractivity (Wildman–Crippen MR) is 102 cm³/mol. The van der Waals surface area contributed by atoms with Gasteiger partial charge < -0.3 is 19.9 Å². The summed E-state index contributed by atoms with van der Waals surface area (Å²) in [7, 11) is 0. The molecule has 1 aromatic heterocycles. The van der Waals surface area contributed by atoms with E-state index in [2.05, 4.69) is 32.3 Å². The molecule has 0 aliphatic carbocycles. The van der Waals surface area contributed by atoms with Gasteiger partial charge in [0.2, 0.25) is 5.89 Å². The Morgan fingerprint density at radius 3 is 2.92 bits per heavy atom. The molecule has 7 heteroatoms. The van der Waals surface area contributed by atoms with E-state index in [1.165, 1.54) is 0 Å². The Labute approximate surface area is 154 Å². The number of guanidine groups is 1. The van der Waals surface area contributed by atoms with Gasteiger partial charge >= 0.3 is 0 Å². The summed E-state index contributed by atoms with van der Waals surface area (Å²) in [5.74, 6) is 2.94. The number of aliphatic imine (C=N–C) groups is 1. The fourth-order valence-electron chi connectivity index (χ4n) is 2.32. The predicted octanol–water partition coefficient (Wildman–Crippen LogP) is 2.63. The molecule has 0 saturated heterocycles. The zero-order valence-corrected chi connectivity index (χ0v) is 15.5. The van der Waals surface area contributed by atoms with Crippen LogP contribution in [0.25, 0.3) is 0 Å². The Morgan fingerprint density at radius 1 is 1.35 bits per heavy atom. The summed E-state index contributed by atoms with van der Waals surface area (Å²) in [6.45, 7) is 10.1. The summed E-state index contributed by atoms with van der Waals surface area (Å²) in [5.41, 5.74) is 1.04. The highest BCUT2D eigenvalue weighted by Gasteiger charge is 2.05. The van der Waals surface area contributed by atoms with Crippen molar-refractivity contribution in [2.24, 2.45) is 4.99 Å². The van der Waals surface area contributed by atoms with E-state index in [4.69, 9.17) is 9.26 Å². The summed E-state index contributed by atoms with van der Waals surface area (Å²) in [6, 6.07) is 7.90. The van der Waals surface area contributed by atoms with Crippen LogP contribution in [0.4, 0.5) is 0 Å². The van der Waals surface area contributed by atoms with Crippen molar-refractivity contribution >= 4 is 5.96 Å². The van der Waals surface area contributed by atoms with Gasteiger partial charge in [0.05, 0.1) is 6.54 Å². The second-order valence-electron chi connectivity index (χ2n) is 5.67. The van der Waals surface area contributed by atoms with Gasteiger partial charge in [0.25, 0.3) is 0 Å². The number of rotatable bonds is 10. The molecule has 2 N–H and O–H groups in total. The van der Waals surface area contributed by atoms with Crippen molar-refractivity contribution in [2.45, 2.75) is 33.2 Å². The maximum atomic E-state index is 5.68. The van der Waals surface area contributed by atoms with Crippen molar-refractivity contribution in [2.75, 3.05) is 19.7 Å². The van der Waals surface area contributed by atoms with Gasteiger partial charge in [-0.1, -0.05) is 36.0 Å². The molecule has 0 radical (unpaired) electrons. The molecule has 2 aromatic rings. The standard InChI is InChI=1S/C19H27N5O2/c1-4-13-25-17-10-7-6-9-16(17)14-22-19(20-5-2)21-12-8-11-18-23-15(3)24-26-18/h4,6-7,9-10H,1,5,8,11-14H2,2-3H3,(H2,20,21,22). The van der Waals surface area contributed by atoms with Crippen LogP contribution in [0, 0.1) is 6.92 Å². The Bertz CT molecular complexity index is 711. The molecule has 0 unspecified atom stereocenters. The van der Waals surface area contributed by atoms with Gasteiger partial charge in [0, 0.05) is 25.1 Å². The van der Waals surface area contributed by atoms with E-state index < -0.39 is 0 Å². The van der Waals surface area contributed by atoms with Crippen molar-refractivity contribution in [3.8, 4) is 5.75 Å². The van der Waals surface area contributed by atoms with Crippen molar-refractivity contribution in [3.05, 3.63) is 54.2 Å². The number of aromatic nitrogens is 2. The third-order valence-electron chi connectivity index (χ3n) is 3.51.